The zero-order valence-electron chi connectivity index (χ0n) is 29.6. The maximum Gasteiger partial charge on any atom is 0.00958 e. The molecule has 0 aliphatic carbocycles. The Balaban J connectivity index is 3.34. The molecule has 0 saturated heterocycles. The Hall–Kier alpha value is -1.56. The average molecular weight is 533 g/mol. The number of hydrogen-bond donors (Lipinski definition) is 0. The summed E-state index contributed by atoms with van der Waals surface area (Å²) in [6.07, 6.45) is 1.08. The van der Waals surface area contributed by atoms with E-state index >= 15 is 0 Å². The maximum absolute atomic E-state index is 2.60. The molecule has 0 spiro atoms. The van der Waals surface area contributed by atoms with E-state index < -0.39 is 0 Å². The summed E-state index contributed by atoms with van der Waals surface area (Å²) in [5.41, 5.74) is 12.5. The molecule has 2 aromatic carbocycles. The van der Waals surface area contributed by atoms with Gasteiger partial charge in [-0.1, -0.05) is 156 Å². The third-order valence-electron chi connectivity index (χ3n) is 8.34. The second kappa shape index (κ2) is 10.4. The fourth-order valence-electron chi connectivity index (χ4n) is 6.45. The maximum atomic E-state index is 2.60. The molecule has 0 radical (unpaired) electrons. The van der Waals surface area contributed by atoms with E-state index in [0.29, 0.717) is 5.92 Å². The molecule has 0 N–H and O–H groups in total. The van der Waals surface area contributed by atoms with Crippen molar-refractivity contribution in [1.82, 2.24) is 0 Å². The third kappa shape index (κ3) is 7.21. The molecule has 0 aromatic heterocycles. The van der Waals surface area contributed by atoms with E-state index in [4.69, 9.17) is 0 Å². The predicted molar refractivity (Wildman–Crippen MR) is 177 cm³/mol. The van der Waals surface area contributed by atoms with Gasteiger partial charge in [-0.05, 0) is 83.4 Å². The van der Waals surface area contributed by atoms with Crippen LogP contribution in [0.15, 0.2) is 24.3 Å². The van der Waals surface area contributed by atoms with Crippen LogP contribution >= 0.6 is 0 Å². The lowest BCUT2D eigenvalue weighted by Crippen LogP contribution is -2.31. The zero-order chi connectivity index (χ0) is 30.7. The zero-order valence-corrected chi connectivity index (χ0v) is 29.6. The first kappa shape index (κ1) is 33.6. The lowest BCUT2D eigenvalue weighted by atomic mass is 9.63. The van der Waals surface area contributed by atoms with Crippen molar-refractivity contribution >= 4 is 0 Å². The summed E-state index contributed by atoms with van der Waals surface area (Å²) in [5, 5.41) is 0. The van der Waals surface area contributed by atoms with Crippen LogP contribution < -0.4 is 0 Å². The van der Waals surface area contributed by atoms with E-state index in [1.165, 1.54) is 22.3 Å². The molecule has 220 valence electrons. The normalized spacial score (nSPS) is 15.1. The average Bonchev–Trinajstić information content (AvgIpc) is 2.69. The largest absolute Gasteiger partial charge is 0.0645 e. The van der Waals surface area contributed by atoms with E-state index in [1.807, 2.05) is 0 Å². The summed E-state index contributed by atoms with van der Waals surface area (Å²) in [6, 6.07) is 10.1. The van der Waals surface area contributed by atoms with Crippen molar-refractivity contribution in [1.29, 1.82) is 0 Å². The molecule has 0 heterocycles. The number of rotatable bonds is 3. The predicted octanol–water partition coefficient (Wildman–Crippen LogP) is 12.0. The van der Waals surface area contributed by atoms with Crippen molar-refractivity contribution in [2.45, 2.75) is 176 Å². The van der Waals surface area contributed by atoms with Crippen molar-refractivity contribution in [3.05, 3.63) is 68.8 Å². The van der Waals surface area contributed by atoms with Gasteiger partial charge < -0.3 is 0 Å². The molecule has 0 bridgehead atoms. The van der Waals surface area contributed by atoms with Crippen LogP contribution in [-0.2, 0) is 32.5 Å². The van der Waals surface area contributed by atoms with Crippen LogP contribution in [-0.4, -0.2) is 0 Å². The molecule has 2 aromatic rings. The number of hydrogen-bond acceptors (Lipinski definition) is 0. The van der Waals surface area contributed by atoms with Gasteiger partial charge in [-0.2, -0.15) is 0 Å². The number of benzene rings is 2. The van der Waals surface area contributed by atoms with Crippen LogP contribution in [0.3, 0.4) is 0 Å². The Kier molecular flexibility index (Phi) is 8.94. The van der Waals surface area contributed by atoms with E-state index in [0.717, 1.165) is 6.42 Å². The molecular weight excluding hydrogens is 468 g/mol. The highest BCUT2D eigenvalue weighted by Gasteiger charge is 2.38. The molecule has 0 fully saturated rings. The Morgan fingerprint density at radius 3 is 1.21 bits per heavy atom. The Bertz CT molecular complexity index is 1160. The first-order valence-electron chi connectivity index (χ1n) is 15.5. The smallest absolute Gasteiger partial charge is 0.00958 e. The topological polar surface area (TPSA) is 0 Å². The fourth-order valence-corrected chi connectivity index (χ4v) is 6.45. The minimum Gasteiger partial charge on any atom is -0.0645 e. The summed E-state index contributed by atoms with van der Waals surface area (Å²) >= 11 is 0. The molecule has 0 saturated carbocycles. The molecule has 1 atom stereocenters. The second-order valence-corrected chi connectivity index (χ2v) is 18.4. The van der Waals surface area contributed by atoms with Gasteiger partial charge in [-0.25, -0.2) is 0 Å². The highest BCUT2D eigenvalue weighted by atomic mass is 14.4. The molecule has 0 nitrogen and oxygen atoms in total. The highest BCUT2D eigenvalue weighted by Crippen LogP contribution is 2.50. The summed E-state index contributed by atoms with van der Waals surface area (Å²) in [7, 11) is 0. The Labute approximate surface area is 244 Å². The van der Waals surface area contributed by atoms with Gasteiger partial charge >= 0.3 is 0 Å². The quantitative estimate of drug-likeness (QED) is 0.369. The van der Waals surface area contributed by atoms with Gasteiger partial charge in [0.2, 0.25) is 0 Å². The molecule has 0 heteroatoms. The van der Waals surface area contributed by atoms with Crippen molar-refractivity contribution < 1.29 is 0 Å². The minimum atomic E-state index is 0.0308. The van der Waals surface area contributed by atoms with Crippen LogP contribution in [0.2, 0.25) is 0 Å². The third-order valence-corrected chi connectivity index (χ3v) is 8.34. The Morgan fingerprint density at radius 2 is 0.872 bits per heavy atom. The van der Waals surface area contributed by atoms with Gasteiger partial charge in [-0.3, -0.25) is 0 Å². The van der Waals surface area contributed by atoms with Gasteiger partial charge in [0.1, 0.15) is 0 Å². The summed E-state index contributed by atoms with van der Waals surface area (Å²) in [6.45, 7) is 45.6. The summed E-state index contributed by atoms with van der Waals surface area (Å²) in [4.78, 5) is 0. The van der Waals surface area contributed by atoms with Crippen molar-refractivity contribution in [2.75, 3.05) is 0 Å². The van der Waals surface area contributed by atoms with Gasteiger partial charge in [0.05, 0.1) is 0 Å². The van der Waals surface area contributed by atoms with Crippen LogP contribution in [0.5, 0.6) is 0 Å². The van der Waals surface area contributed by atoms with Crippen LogP contribution in [0.4, 0.5) is 0 Å². The highest BCUT2D eigenvalue weighted by molar-refractivity contribution is 5.58. The van der Waals surface area contributed by atoms with E-state index in [-0.39, 0.29) is 32.5 Å². The van der Waals surface area contributed by atoms with Gasteiger partial charge in [-0.15, -0.1) is 0 Å². The molecule has 0 amide bonds. The molecule has 2 rings (SSSR count). The molecule has 0 aliphatic heterocycles. The minimum absolute atomic E-state index is 0.0308. The monoisotopic (exact) mass is 533 g/mol. The van der Waals surface area contributed by atoms with E-state index in [9.17, 15) is 0 Å². The van der Waals surface area contributed by atoms with E-state index in [2.05, 4.69) is 156 Å². The van der Waals surface area contributed by atoms with Crippen molar-refractivity contribution in [2.24, 2.45) is 0 Å². The van der Waals surface area contributed by atoms with Gasteiger partial charge in [0.25, 0.3) is 0 Å². The summed E-state index contributed by atoms with van der Waals surface area (Å²) < 4.78 is 0. The lowest BCUT2D eigenvalue weighted by Gasteiger charge is -2.41. The summed E-state index contributed by atoms with van der Waals surface area (Å²) in [5.74, 6) is 0.327. The van der Waals surface area contributed by atoms with Crippen LogP contribution in [0, 0.1) is 0 Å². The fraction of sp³-hybridized carbons (Fsp3) is 0.692. The van der Waals surface area contributed by atoms with Crippen LogP contribution in [0.1, 0.15) is 188 Å². The molecule has 1 unspecified atom stereocenters. The van der Waals surface area contributed by atoms with Crippen molar-refractivity contribution in [3.8, 4) is 0 Å². The lowest BCUT2D eigenvalue weighted by molar-refractivity contribution is 0.496. The molecule has 39 heavy (non-hydrogen) atoms. The van der Waals surface area contributed by atoms with Crippen molar-refractivity contribution in [3.63, 3.8) is 0 Å². The Morgan fingerprint density at radius 1 is 0.462 bits per heavy atom. The first-order valence-corrected chi connectivity index (χ1v) is 15.5. The van der Waals surface area contributed by atoms with Crippen LogP contribution in [0.25, 0.3) is 0 Å². The van der Waals surface area contributed by atoms with E-state index in [1.54, 1.807) is 22.3 Å². The van der Waals surface area contributed by atoms with Gasteiger partial charge in [0, 0.05) is 5.92 Å². The second-order valence-electron chi connectivity index (χ2n) is 18.4. The molecule has 0 aliphatic rings. The first-order chi connectivity index (χ1) is 17.1. The molecular formula is C39H64. The SMILES string of the molecule is CCC(c1cc(C(C)(C)C)cc(C(C)(C)C)c1C(C)(C)C)c1c(C(C)(C)C)ccc(C(C)(C)C)c1C(C)(C)C. The standard InChI is InChI=1S/C39H64/c1-20-26(27-23-25(34(2,3)4)24-30(37(11,12)13)32(27)38(14,15)16)31-28(35(5,6)7)21-22-29(36(8,9)10)33(31)39(17,18)19/h21-24,26H,20H2,1-19H3. The van der Waals surface area contributed by atoms with Gasteiger partial charge in [0.15, 0.2) is 0 Å².